The predicted octanol–water partition coefficient (Wildman–Crippen LogP) is 3.15. The summed E-state index contributed by atoms with van der Waals surface area (Å²) in [6.07, 6.45) is 1.08. The van der Waals surface area contributed by atoms with E-state index in [4.69, 9.17) is 4.42 Å². The van der Waals surface area contributed by atoms with E-state index < -0.39 is 15.7 Å². The summed E-state index contributed by atoms with van der Waals surface area (Å²) < 4.78 is 29.4. The van der Waals surface area contributed by atoms with Crippen molar-refractivity contribution in [2.75, 3.05) is 11.6 Å². The van der Waals surface area contributed by atoms with Gasteiger partial charge < -0.3 is 4.42 Å². The summed E-state index contributed by atoms with van der Waals surface area (Å²) in [5, 5.41) is 10.1. The van der Waals surface area contributed by atoms with Crippen LogP contribution in [0.15, 0.2) is 62.3 Å². The summed E-state index contributed by atoms with van der Waals surface area (Å²) in [6, 6.07) is 12.9. The number of rotatable bonds is 4. The van der Waals surface area contributed by atoms with Gasteiger partial charge in [-0.05, 0) is 36.4 Å². The van der Waals surface area contributed by atoms with Crippen LogP contribution in [0.1, 0.15) is 10.4 Å². The average molecular weight is 422 g/mol. The Hall–Kier alpha value is -2.52. The van der Waals surface area contributed by atoms with Gasteiger partial charge in [0.2, 0.25) is 5.89 Å². The Labute approximate surface area is 152 Å². The lowest BCUT2D eigenvalue weighted by atomic mass is 10.2. The minimum Gasteiger partial charge on any atom is -0.403 e. The molecule has 0 radical (unpaired) electrons. The van der Waals surface area contributed by atoms with Crippen molar-refractivity contribution in [2.24, 2.45) is 0 Å². The third-order valence-corrected chi connectivity index (χ3v) is 4.84. The Morgan fingerprint density at radius 1 is 1.12 bits per heavy atom. The van der Waals surface area contributed by atoms with Gasteiger partial charge in [-0.2, -0.15) is 0 Å². The molecule has 7 nitrogen and oxygen atoms in total. The number of halogens is 1. The first-order valence-corrected chi connectivity index (χ1v) is 9.72. The molecule has 0 spiro atoms. The molecule has 0 saturated carbocycles. The van der Waals surface area contributed by atoms with E-state index in [9.17, 15) is 13.2 Å². The second kappa shape index (κ2) is 6.77. The van der Waals surface area contributed by atoms with E-state index in [-0.39, 0.29) is 22.4 Å². The highest BCUT2D eigenvalue weighted by molar-refractivity contribution is 9.10. The normalized spacial score (nSPS) is 11.3. The van der Waals surface area contributed by atoms with Crippen molar-refractivity contribution in [1.82, 2.24) is 10.2 Å². The summed E-state index contributed by atoms with van der Waals surface area (Å²) in [5.74, 6) is -0.295. The standard InChI is InChI=1S/C16H12BrN3O4S/c1-25(22,23)13-7-3-4-10(9-13)14(21)18-16-20-19-15(24-16)11-5-2-6-12(17)8-11/h2-9H,1H3,(H,18,20,21). The molecule has 0 aliphatic carbocycles. The highest BCUT2D eigenvalue weighted by Crippen LogP contribution is 2.23. The minimum atomic E-state index is -3.40. The maximum Gasteiger partial charge on any atom is 0.322 e. The zero-order valence-electron chi connectivity index (χ0n) is 12.9. The third kappa shape index (κ3) is 4.12. The van der Waals surface area contributed by atoms with Crippen molar-refractivity contribution in [2.45, 2.75) is 4.90 Å². The van der Waals surface area contributed by atoms with Crippen LogP contribution in [0.25, 0.3) is 11.5 Å². The van der Waals surface area contributed by atoms with Crippen molar-refractivity contribution in [3.63, 3.8) is 0 Å². The van der Waals surface area contributed by atoms with Crippen molar-refractivity contribution >= 4 is 37.7 Å². The maximum atomic E-state index is 12.3. The summed E-state index contributed by atoms with van der Waals surface area (Å²) in [5.41, 5.74) is 0.867. The second-order valence-electron chi connectivity index (χ2n) is 5.18. The highest BCUT2D eigenvalue weighted by atomic mass is 79.9. The quantitative estimate of drug-likeness (QED) is 0.693. The van der Waals surface area contributed by atoms with E-state index in [0.29, 0.717) is 5.56 Å². The first-order chi connectivity index (χ1) is 11.8. The molecule has 128 valence electrons. The molecule has 9 heteroatoms. The first-order valence-electron chi connectivity index (χ1n) is 7.04. The number of aromatic nitrogens is 2. The van der Waals surface area contributed by atoms with E-state index in [1.807, 2.05) is 12.1 Å². The molecule has 25 heavy (non-hydrogen) atoms. The molecule has 0 bridgehead atoms. The molecule has 0 unspecified atom stereocenters. The van der Waals surface area contributed by atoms with Crippen LogP contribution in [0.2, 0.25) is 0 Å². The van der Waals surface area contributed by atoms with Crippen LogP contribution in [0.3, 0.4) is 0 Å². The lowest BCUT2D eigenvalue weighted by Crippen LogP contribution is -2.13. The molecule has 2 aromatic carbocycles. The number of carbonyl (C=O) groups is 1. The maximum absolute atomic E-state index is 12.3. The van der Waals surface area contributed by atoms with Gasteiger partial charge in [0.15, 0.2) is 9.84 Å². The van der Waals surface area contributed by atoms with E-state index >= 15 is 0 Å². The number of hydrogen-bond donors (Lipinski definition) is 1. The largest absolute Gasteiger partial charge is 0.403 e. The van der Waals surface area contributed by atoms with Gasteiger partial charge in [0.1, 0.15) is 0 Å². The number of sulfone groups is 1. The van der Waals surface area contributed by atoms with E-state index in [1.54, 1.807) is 12.1 Å². The van der Waals surface area contributed by atoms with Crippen LogP contribution >= 0.6 is 15.9 Å². The Morgan fingerprint density at radius 3 is 2.60 bits per heavy atom. The lowest BCUT2D eigenvalue weighted by Gasteiger charge is -2.03. The summed E-state index contributed by atoms with van der Waals surface area (Å²) >= 11 is 3.35. The molecule has 1 N–H and O–H groups in total. The molecular weight excluding hydrogens is 410 g/mol. The third-order valence-electron chi connectivity index (χ3n) is 3.24. The van der Waals surface area contributed by atoms with Gasteiger partial charge in [-0.25, -0.2) is 8.42 Å². The summed E-state index contributed by atoms with van der Waals surface area (Å²) in [4.78, 5) is 12.3. The van der Waals surface area contributed by atoms with E-state index in [0.717, 1.165) is 10.7 Å². The lowest BCUT2D eigenvalue weighted by molar-refractivity contribution is 0.102. The fourth-order valence-electron chi connectivity index (χ4n) is 2.05. The van der Waals surface area contributed by atoms with Crippen molar-refractivity contribution in [3.8, 4) is 11.5 Å². The van der Waals surface area contributed by atoms with Gasteiger partial charge in [-0.15, -0.1) is 5.10 Å². The Kier molecular flexibility index (Phi) is 4.69. The molecule has 0 saturated heterocycles. The number of nitrogens with zero attached hydrogens (tertiary/aromatic N) is 2. The molecule has 0 atom stereocenters. The summed E-state index contributed by atoms with van der Waals surface area (Å²) in [6.45, 7) is 0. The zero-order valence-corrected chi connectivity index (χ0v) is 15.3. The van der Waals surface area contributed by atoms with Gasteiger partial charge in [0.05, 0.1) is 4.90 Å². The first kappa shape index (κ1) is 17.3. The molecule has 0 aliphatic rings. The van der Waals surface area contributed by atoms with Gasteiger partial charge in [0, 0.05) is 21.9 Å². The topological polar surface area (TPSA) is 102 Å². The van der Waals surface area contributed by atoms with Gasteiger partial charge in [-0.1, -0.05) is 33.2 Å². The smallest absolute Gasteiger partial charge is 0.322 e. The zero-order chi connectivity index (χ0) is 18.0. The van der Waals surface area contributed by atoms with Gasteiger partial charge in [-0.3, -0.25) is 10.1 Å². The van der Waals surface area contributed by atoms with Gasteiger partial charge in [0.25, 0.3) is 5.91 Å². The highest BCUT2D eigenvalue weighted by Gasteiger charge is 2.15. The van der Waals surface area contributed by atoms with Crippen LogP contribution in [0.4, 0.5) is 6.01 Å². The molecule has 3 aromatic rings. The molecule has 0 aliphatic heterocycles. The van der Waals surface area contributed by atoms with Crippen LogP contribution in [-0.2, 0) is 9.84 Å². The molecule has 3 rings (SSSR count). The van der Waals surface area contributed by atoms with Crippen molar-refractivity contribution in [1.29, 1.82) is 0 Å². The fourth-order valence-corrected chi connectivity index (χ4v) is 3.12. The number of anilines is 1. The molecular formula is C16H12BrN3O4S. The van der Waals surface area contributed by atoms with Crippen molar-refractivity contribution < 1.29 is 17.6 Å². The number of nitrogens with one attached hydrogen (secondary N) is 1. The molecule has 0 fully saturated rings. The number of carbonyl (C=O) groups excluding carboxylic acids is 1. The minimum absolute atomic E-state index is 0.0560. The molecule has 1 aromatic heterocycles. The number of hydrogen-bond acceptors (Lipinski definition) is 6. The monoisotopic (exact) mass is 421 g/mol. The van der Waals surface area contributed by atoms with Crippen LogP contribution < -0.4 is 5.32 Å². The average Bonchev–Trinajstić information content (AvgIpc) is 3.03. The van der Waals surface area contributed by atoms with E-state index in [2.05, 4.69) is 31.4 Å². The summed E-state index contributed by atoms with van der Waals surface area (Å²) in [7, 11) is -3.40. The molecule has 1 amide bonds. The van der Waals surface area contributed by atoms with Gasteiger partial charge >= 0.3 is 6.01 Å². The SMILES string of the molecule is CS(=O)(=O)c1cccc(C(=O)Nc2nnc(-c3cccc(Br)c3)o2)c1. The van der Waals surface area contributed by atoms with Crippen molar-refractivity contribution in [3.05, 3.63) is 58.6 Å². The van der Waals surface area contributed by atoms with E-state index in [1.165, 1.54) is 24.3 Å². The van der Waals surface area contributed by atoms with Crippen LogP contribution in [0.5, 0.6) is 0 Å². The number of amides is 1. The Morgan fingerprint density at radius 2 is 1.88 bits per heavy atom. The fraction of sp³-hybridized carbons (Fsp3) is 0.0625. The van der Waals surface area contributed by atoms with Crippen LogP contribution in [-0.4, -0.2) is 30.8 Å². The number of benzene rings is 2. The van der Waals surface area contributed by atoms with Crippen LogP contribution in [0, 0.1) is 0 Å². The Balaban J connectivity index is 1.81. The Bertz CT molecular complexity index is 1050. The second-order valence-corrected chi connectivity index (χ2v) is 8.11. The molecule has 1 heterocycles. The predicted molar refractivity (Wildman–Crippen MR) is 94.9 cm³/mol.